The molecule has 0 spiro atoms. The maximum atomic E-state index is 12.2. The standard InChI is InChI=1S/C12H18N2O3S2/c1-5-17-12(16)10-13-9(7-19-10)11(15)14(3)8(2)6-18-4/h7-8H,5-6H2,1-4H3. The van der Waals surface area contributed by atoms with Gasteiger partial charge in [-0.1, -0.05) is 0 Å². The quantitative estimate of drug-likeness (QED) is 0.754. The van der Waals surface area contributed by atoms with E-state index in [4.69, 9.17) is 4.74 Å². The van der Waals surface area contributed by atoms with Crippen LogP contribution in [0.1, 0.15) is 34.1 Å². The molecule has 0 N–H and O–H groups in total. The van der Waals surface area contributed by atoms with E-state index in [0.29, 0.717) is 12.3 Å². The Morgan fingerprint density at radius 3 is 2.84 bits per heavy atom. The van der Waals surface area contributed by atoms with Crippen LogP contribution >= 0.6 is 23.1 Å². The molecule has 1 aromatic rings. The Kier molecular flexibility index (Phi) is 6.30. The van der Waals surface area contributed by atoms with E-state index in [1.165, 1.54) is 0 Å². The zero-order chi connectivity index (χ0) is 14.4. The van der Waals surface area contributed by atoms with Crippen LogP contribution < -0.4 is 0 Å². The minimum atomic E-state index is -0.480. The molecule has 0 saturated heterocycles. The largest absolute Gasteiger partial charge is 0.461 e. The lowest BCUT2D eigenvalue weighted by Gasteiger charge is -2.23. The highest BCUT2D eigenvalue weighted by atomic mass is 32.2. The van der Waals surface area contributed by atoms with Crippen LogP contribution in [0, 0.1) is 0 Å². The second-order valence-electron chi connectivity index (χ2n) is 3.98. The van der Waals surface area contributed by atoms with Crippen LogP contribution in [-0.4, -0.2) is 53.5 Å². The van der Waals surface area contributed by atoms with Gasteiger partial charge < -0.3 is 9.64 Å². The zero-order valence-corrected chi connectivity index (χ0v) is 13.1. The molecule has 1 amide bonds. The number of hydrogen-bond acceptors (Lipinski definition) is 6. The minimum absolute atomic E-state index is 0.121. The molecule has 0 aromatic carbocycles. The smallest absolute Gasteiger partial charge is 0.367 e. The Labute approximate surface area is 121 Å². The molecule has 0 radical (unpaired) electrons. The van der Waals surface area contributed by atoms with Gasteiger partial charge in [0.05, 0.1) is 6.61 Å². The molecule has 0 fully saturated rings. The van der Waals surface area contributed by atoms with Crippen molar-refractivity contribution < 1.29 is 14.3 Å². The van der Waals surface area contributed by atoms with Crippen LogP contribution in [0.4, 0.5) is 0 Å². The number of ether oxygens (including phenoxy) is 1. The Morgan fingerprint density at radius 1 is 1.58 bits per heavy atom. The number of nitrogens with zero attached hydrogens (tertiary/aromatic N) is 2. The summed E-state index contributed by atoms with van der Waals surface area (Å²) in [5.41, 5.74) is 0.295. The average Bonchev–Trinajstić information content (AvgIpc) is 2.87. The number of rotatable bonds is 6. The fourth-order valence-electron chi connectivity index (χ4n) is 1.39. The lowest BCUT2D eigenvalue weighted by molar-refractivity contribution is 0.0526. The molecule has 19 heavy (non-hydrogen) atoms. The van der Waals surface area contributed by atoms with Crippen LogP contribution in [0.15, 0.2) is 5.38 Å². The molecular formula is C12H18N2O3S2. The van der Waals surface area contributed by atoms with E-state index in [0.717, 1.165) is 17.1 Å². The maximum absolute atomic E-state index is 12.2. The summed E-state index contributed by atoms with van der Waals surface area (Å²) in [6.07, 6.45) is 2.00. The van der Waals surface area contributed by atoms with Crippen molar-refractivity contribution in [2.75, 3.05) is 25.7 Å². The number of carbonyl (C=O) groups is 2. The number of esters is 1. The second-order valence-corrected chi connectivity index (χ2v) is 5.75. The Hall–Kier alpha value is -1.08. The number of hydrogen-bond donors (Lipinski definition) is 0. The molecule has 0 bridgehead atoms. The summed E-state index contributed by atoms with van der Waals surface area (Å²) in [5, 5.41) is 1.81. The Bertz CT molecular complexity index is 448. The van der Waals surface area contributed by atoms with Gasteiger partial charge in [-0.3, -0.25) is 4.79 Å². The summed E-state index contributed by atoms with van der Waals surface area (Å²) >= 11 is 2.81. The van der Waals surface area contributed by atoms with Gasteiger partial charge in [-0.05, 0) is 20.1 Å². The maximum Gasteiger partial charge on any atom is 0.367 e. The van der Waals surface area contributed by atoms with Crippen LogP contribution in [0.5, 0.6) is 0 Å². The highest BCUT2D eigenvalue weighted by Crippen LogP contribution is 2.14. The molecule has 1 atom stereocenters. The van der Waals surface area contributed by atoms with Gasteiger partial charge in [-0.2, -0.15) is 11.8 Å². The highest BCUT2D eigenvalue weighted by Gasteiger charge is 2.21. The summed E-state index contributed by atoms with van der Waals surface area (Å²) in [6.45, 7) is 4.01. The predicted octanol–water partition coefficient (Wildman–Crippen LogP) is 2.14. The third-order valence-corrected chi connectivity index (χ3v) is 4.20. The lowest BCUT2D eigenvalue weighted by Crippen LogP contribution is -2.36. The van der Waals surface area contributed by atoms with Gasteiger partial charge in [0.15, 0.2) is 0 Å². The van der Waals surface area contributed by atoms with Crippen molar-refractivity contribution in [3.8, 4) is 0 Å². The molecule has 1 rings (SSSR count). The highest BCUT2D eigenvalue weighted by molar-refractivity contribution is 7.98. The first-order valence-electron chi connectivity index (χ1n) is 5.90. The van der Waals surface area contributed by atoms with E-state index < -0.39 is 5.97 Å². The Balaban J connectivity index is 2.75. The van der Waals surface area contributed by atoms with Gasteiger partial charge in [0.1, 0.15) is 5.69 Å². The molecule has 1 aromatic heterocycles. The van der Waals surface area contributed by atoms with Crippen molar-refractivity contribution in [3.05, 3.63) is 16.1 Å². The molecule has 106 valence electrons. The molecule has 0 saturated carbocycles. The summed E-state index contributed by atoms with van der Waals surface area (Å²) in [7, 11) is 1.74. The summed E-state index contributed by atoms with van der Waals surface area (Å²) in [4.78, 5) is 29.3. The van der Waals surface area contributed by atoms with Crippen molar-refractivity contribution in [1.29, 1.82) is 0 Å². The third kappa shape index (κ3) is 4.21. The lowest BCUT2D eigenvalue weighted by atomic mass is 10.3. The number of amides is 1. The summed E-state index contributed by atoms with van der Waals surface area (Å²) in [5.74, 6) is 0.205. The first-order chi connectivity index (χ1) is 9.01. The Morgan fingerprint density at radius 2 is 2.26 bits per heavy atom. The fourth-order valence-corrected chi connectivity index (χ4v) is 2.78. The molecule has 0 aliphatic rings. The van der Waals surface area contributed by atoms with Crippen molar-refractivity contribution in [2.24, 2.45) is 0 Å². The van der Waals surface area contributed by atoms with Crippen LogP contribution in [0.3, 0.4) is 0 Å². The van der Waals surface area contributed by atoms with E-state index in [9.17, 15) is 9.59 Å². The van der Waals surface area contributed by atoms with Crippen molar-refractivity contribution in [1.82, 2.24) is 9.88 Å². The zero-order valence-electron chi connectivity index (χ0n) is 11.5. The van der Waals surface area contributed by atoms with E-state index in [2.05, 4.69) is 4.98 Å². The average molecular weight is 302 g/mol. The minimum Gasteiger partial charge on any atom is -0.461 e. The van der Waals surface area contributed by atoms with Crippen LogP contribution in [0.2, 0.25) is 0 Å². The number of thioether (sulfide) groups is 1. The van der Waals surface area contributed by atoms with Crippen LogP contribution in [0.25, 0.3) is 0 Å². The van der Waals surface area contributed by atoms with Gasteiger partial charge in [-0.15, -0.1) is 11.3 Å². The van der Waals surface area contributed by atoms with Gasteiger partial charge in [0.25, 0.3) is 5.91 Å². The van der Waals surface area contributed by atoms with Gasteiger partial charge in [0.2, 0.25) is 5.01 Å². The third-order valence-electron chi connectivity index (χ3n) is 2.56. The molecule has 1 unspecified atom stereocenters. The first-order valence-corrected chi connectivity index (χ1v) is 8.17. The monoisotopic (exact) mass is 302 g/mol. The summed E-state index contributed by atoms with van der Waals surface area (Å²) in [6, 6.07) is 0.121. The molecule has 7 heteroatoms. The van der Waals surface area contributed by atoms with Crippen molar-refractivity contribution in [2.45, 2.75) is 19.9 Å². The topological polar surface area (TPSA) is 59.5 Å². The van der Waals surface area contributed by atoms with E-state index >= 15 is 0 Å². The molecule has 0 aliphatic heterocycles. The van der Waals surface area contributed by atoms with Crippen LogP contribution in [-0.2, 0) is 4.74 Å². The first kappa shape index (κ1) is 16.0. The SMILES string of the molecule is CCOC(=O)c1nc(C(=O)N(C)C(C)CSC)cs1. The van der Waals surface area contributed by atoms with E-state index in [1.807, 2.05) is 13.2 Å². The molecular weight excluding hydrogens is 284 g/mol. The number of thiazole rings is 1. The number of aromatic nitrogens is 1. The fraction of sp³-hybridized carbons (Fsp3) is 0.583. The van der Waals surface area contributed by atoms with E-state index in [1.54, 1.807) is 36.0 Å². The predicted molar refractivity (Wildman–Crippen MR) is 78.0 cm³/mol. The van der Waals surface area contributed by atoms with Crippen molar-refractivity contribution >= 4 is 35.0 Å². The second kappa shape index (κ2) is 7.49. The van der Waals surface area contributed by atoms with Gasteiger partial charge >= 0.3 is 5.97 Å². The van der Waals surface area contributed by atoms with E-state index in [-0.39, 0.29) is 17.0 Å². The molecule has 0 aliphatic carbocycles. The molecule has 1 heterocycles. The molecule has 5 nitrogen and oxygen atoms in total. The van der Waals surface area contributed by atoms with Crippen molar-refractivity contribution in [3.63, 3.8) is 0 Å². The van der Waals surface area contributed by atoms with Gasteiger partial charge in [0, 0.05) is 24.2 Å². The summed E-state index contributed by atoms with van der Waals surface area (Å²) < 4.78 is 4.85. The van der Waals surface area contributed by atoms with Gasteiger partial charge in [-0.25, -0.2) is 9.78 Å². The normalized spacial score (nSPS) is 12.0. The number of carbonyl (C=O) groups excluding carboxylic acids is 2.